The van der Waals surface area contributed by atoms with E-state index in [1.807, 2.05) is 0 Å². The average molecular weight is 952 g/mol. The van der Waals surface area contributed by atoms with Gasteiger partial charge in [0.15, 0.2) is 11.9 Å². The Kier molecular flexibility index (Phi) is 17.0. The van der Waals surface area contributed by atoms with Crippen LogP contribution in [0.3, 0.4) is 0 Å². The smallest absolute Gasteiger partial charge is 0.408 e. The Morgan fingerprint density at radius 1 is 0.897 bits per heavy atom. The van der Waals surface area contributed by atoms with E-state index in [2.05, 4.69) is 5.32 Å². The number of rotatable bonds is 18. The lowest BCUT2D eigenvalue weighted by atomic mass is 9.52. The highest BCUT2D eigenvalue weighted by Gasteiger charge is 2.65. The number of ether oxygens (including phenoxy) is 8. The Labute approximate surface area is 396 Å². The normalized spacial score (nSPS) is 26.9. The van der Waals surface area contributed by atoms with Crippen LogP contribution in [-0.4, -0.2) is 127 Å². The molecule has 3 N–H and O–H groups in total. The molecule has 0 spiro atoms. The molecular weight excluding hydrogens is 887 g/mol. The number of methoxy groups -OCH3 is 2. The molecule has 0 aromatic heterocycles. The Hall–Kier alpha value is -5.69. The highest BCUT2D eigenvalue weighted by molar-refractivity contribution is 5.93. The second-order valence-corrected chi connectivity index (χ2v) is 19.3. The summed E-state index contributed by atoms with van der Waals surface area (Å²) in [6.45, 7) is 12.9. The Bertz CT molecular complexity index is 2200. The van der Waals surface area contributed by atoms with Crippen LogP contribution in [0, 0.1) is 10.8 Å². The third kappa shape index (κ3) is 11.9. The average Bonchev–Trinajstić information content (AvgIpc) is 3.26. The molecule has 1 saturated carbocycles. The van der Waals surface area contributed by atoms with Crippen LogP contribution in [0.15, 0.2) is 71.8 Å². The maximum absolute atomic E-state index is 15.4. The number of benzene rings is 2. The number of carbonyl (C=O) groups is 7. The third-order valence-electron chi connectivity index (χ3n) is 13.2. The molecule has 2 aromatic carbocycles. The monoisotopic (exact) mass is 951 g/mol. The van der Waals surface area contributed by atoms with Crippen molar-refractivity contribution in [3.05, 3.63) is 82.9 Å². The summed E-state index contributed by atoms with van der Waals surface area (Å²) in [6, 6.07) is 14.7. The summed E-state index contributed by atoms with van der Waals surface area (Å²) in [5.41, 5.74) is -5.21. The molecule has 2 fully saturated rings. The van der Waals surface area contributed by atoms with E-state index in [4.69, 9.17) is 37.9 Å². The summed E-state index contributed by atoms with van der Waals surface area (Å²) in [6.07, 6.45) is -11.1. The molecule has 0 radical (unpaired) electrons. The highest BCUT2D eigenvalue weighted by Crippen LogP contribution is 2.57. The van der Waals surface area contributed by atoms with E-state index in [1.165, 1.54) is 33.3 Å². The van der Waals surface area contributed by atoms with Crippen LogP contribution < -0.4 is 5.32 Å². The molecule has 10 unspecified atom stereocenters. The number of Topliss-reactive ketones (excluding diaryl/α,β-unsaturated/α-hetero) is 1. The highest BCUT2D eigenvalue weighted by atomic mass is 16.6. The van der Waals surface area contributed by atoms with Gasteiger partial charge < -0.3 is 53.4 Å². The molecule has 10 atom stereocenters. The Morgan fingerprint density at radius 3 is 2.07 bits per heavy atom. The number of aliphatic carboxylic acids is 1. The number of fused-ring (bicyclic) bond motifs is 2. The van der Waals surface area contributed by atoms with Gasteiger partial charge in [0.2, 0.25) is 6.10 Å². The summed E-state index contributed by atoms with van der Waals surface area (Å²) in [7, 11) is 2.73. The first kappa shape index (κ1) is 53.3. The molecule has 3 aliphatic rings. The van der Waals surface area contributed by atoms with Crippen molar-refractivity contribution in [2.24, 2.45) is 10.8 Å². The lowest BCUT2D eigenvalue weighted by Crippen LogP contribution is -2.67. The summed E-state index contributed by atoms with van der Waals surface area (Å²) in [5.74, 6) is -5.16. The van der Waals surface area contributed by atoms with Crippen molar-refractivity contribution < 1.29 is 81.7 Å². The van der Waals surface area contributed by atoms with Gasteiger partial charge in [0.1, 0.15) is 35.6 Å². The number of aliphatic hydroxyl groups is 1. The van der Waals surface area contributed by atoms with E-state index in [1.54, 1.807) is 97.0 Å². The fourth-order valence-corrected chi connectivity index (χ4v) is 9.45. The first-order chi connectivity index (χ1) is 31.9. The van der Waals surface area contributed by atoms with E-state index in [9.17, 15) is 39.0 Å². The van der Waals surface area contributed by atoms with Crippen LogP contribution in [-0.2, 0) is 61.9 Å². The second kappa shape index (κ2) is 21.7. The van der Waals surface area contributed by atoms with Crippen LogP contribution in [0.5, 0.6) is 0 Å². The van der Waals surface area contributed by atoms with Crippen molar-refractivity contribution in [2.45, 2.75) is 154 Å². The molecule has 1 saturated heterocycles. The molecule has 5 rings (SSSR count). The first-order valence-corrected chi connectivity index (χ1v) is 22.6. The number of alkyl carbamates (subject to hydrolysis) is 1. The van der Waals surface area contributed by atoms with Crippen LogP contribution >= 0.6 is 0 Å². The van der Waals surface area contributed by atoms with Gasteiger partial charge in [0.25, 0.3) is 0 Å². The molecule has 18 nitrogen and oxygen atoms in total. The molecule has 2 bridgehead atoms. The summed E-state index contributed by atoms with van der Waals surface area (Å²) < 4.78 is 47.2. The van der Waals surface area contributed by atoms with Gasteiger partial charge in [0, 0.05) is 58.7 Å². The van der Waals surface area contributed by atoms with Crippen LogP contribution in [0.2, 0.25) is 0 Å². The fourth-order valence-electron chi connectivity index (χ4n) is 9.45. The molecule has 1 aliphatic heterocycles. The maximum Gasteiger partial charge on any atom is 0.408 e. The topological polar surface area (TPSA) is 246 Å². The quantitative estimate of drug-likeness (QED) is 0.0913. The molecule has 2 aromatic rings. The number of nitrogens with one attached hydrogen (secondary N) is 1. The number of esters is 4. The molecule has 68 heavy (non-hydrogen) atoms. The fraction of sp³-hybridized carbons (Fsp3) is 0.580. The zero-order valence-corrected chi connectivity index (χ0v) is 40.4. The van der Waals surface area contributed by atoms with Crippen molar-refractivity contribution in [3.8, 4) is 0 Å². The number of carboxylic acid groups (broad SMARTS) is 1. The second-order valence-electron chi connectivity index (χ2n) is 19.3. The minimum Gasteiger partial charge on any atom is -0.481 e. The summed E-state index contributed by atoms with van der Waals surface area (Å²) in [4.78, 5) is 94.5. The van der Waals surface area contributed by atoms with Crippen molar-refractivity contribution >= 4 is 41.7 Å². The van der Waals surface area contributed by atoms with Gasteiger partial charge in [-0.25, -0.2) is 14.4 Å². The Morgan fingerprint density at radius 2 is 1.53 bits per heavy atom. The van der Waals surface area contributed by atoms with Gasteiger partial charge in [-0.05, 0) is 69.9 Å². The van der Waals surface area contributed by atoms with Gasteiger partial charge >= 0.3 is 35.9 Å². The van der Waals surface area contributed by atoms with Crippen molar-refractivity contribution in [1.29, 1.82) is 0 Å². The van der Waals surface area contributed by atoms with Gasteiger partial charge in [-0.2, -0.15) is 0 Å². The summed E-state index contributed by atoms with van der Waals surface area (Å²) in [5, 5.41) is 25.4. The van der Waals surface area contributed by atoms with Crippen molar-refractivity contribution in [1.82, 2.24) is 5.32 Å². The minimum atomic E-state index is -2.15. The van der Waals surface area contributed by atoms with Crippen molar-refractivity contribution in [3.63, 3.8) is 0 Å². The number of amides is 1. The predicted molar refractivity (Wildman–Crippen MR) is 241 cm³/mol. The molecule has 18 heteroatoms. The third-order valence-corrected chi connectivity index (χ3v) is 13.2. The summed E-state index contributed by atoms with van der Waals surface area (Å²) >= 11 is 0. The van der Waals surface area contributed by atoms with E-state index in [-0.39, 0.29) is 43.4 Å². The number of ketones is 1. The molecule has 372 valence electrons. The SMILES string of the molecule is COC1C(=O)C(C)(C(CC2OCC2OC(C)=O)OC)CC(OC(=O)c2ccccc2)C2(O)CC(OC(=O)C(OC(=O)CCCC(=O)O)C(NC(=O)OC(C)(C)C)c3ccccc3)C(C)=C1C2(C)C. The lowest BCUT2D eigenvalue weighted by Gasteiger charge is -2.58. The maximum atomic E-state index is 15.4. The van der Waals surface area contributed by atoms with Crippen LogP contribution in [0.1, 0.15) is 116 Å². The molecule has 2 aliphatic carbocycles. The van der Waals surface area contributed by atoms with Gasteiger partial charge in [-0.1, -0.05) is 62.4 Å². The zero-order valence-electron chi connectivity index (χ0n) is 40.4. The first-order valence-electron chi connectivity index (χ1n) is 22.6. The van der Waals surface area contributed by atoms with E-state index >= 15 is 4.79 Å². The van der Waals surface area contributed by atoms with E-state index in [0.717, 1.165) is 0 Å². The minimum absolute atomic E-state index is 0.0584. The van der Waals surface area contributed by atoms with Crippen LogP contribution in [0.4, 0.5) is 4.79 Å². The van der Waals surface area contributed by atoms with Crippen LogP contribution in [0.25, 0.3) is 0 Å². The predicted octanol–water partition coefficient (Wildman–Crippen LogP) is 5.76. The standard InChI is InChI=1S/C50H65NO17/c1-28-33(65-45(58)42(67-38(55)23-17-22-37(53)54)40(30-18-13-11-14-19-30)51-46(59)68-47(3,4)5)25-50(60)36(66-44(57)31-20-15-12-16-21-31)26-49(8,43(56)41(62-10)39(28)48(50,6)7)35(61-9)24-32-34(27-63-32)64-29(2)52/h11-16,18-21,32-36,40-42,60H,17,22-27H2,1-10H3,(H,51,59)(H,53,54). The Balaban J connectivity index is 1.64. The molecule has 1 heterocycles. The van der Waals surface area contributed by atoms with Gasteiger partial charge in [-0.15, -0.1) is 0 Å². The van der Waals surface area contributed by atoms with Gasteiger partial charge in [-0.3, -0.25) is 19.2 Å². The number of carboxylic acids is 1. The zero-order chi connectivity index (χ0) is 50.4. The molecule has 1 amide bonds. The molecular formula is C50H65NO17. The number of hydrogen-bond acceptors (Lipinski definition) is 16. The lowest BCUT2D eigenvalue weighted by molar-refractivity contribution is -0.216. The number of carbonyl (C=O) groups excluding carboxylic acids is 6. The van der Waals surface area contributed by atoms with E-state index in [0.29, 0.717) is 11.1 Å². The van der Waals surface area contributed by atoms with Crippen molar-refractivity contribution in [2.75, 3.05) is 20.8 Å². The van der Waals surface area contributed by atoms with E-state index < -0.39 is 125 Å². The largest absolute Gasteiger partial charge is 0.481 e. The van der Waals surface area contributed by atoms with Gasteiger partial charge in [0.05, 0.1) is 29.8 Å². The number of hydrogen-bond donors (Lipinski definition) is 3.